The zero-order chi connectivity index (χ0) is 19.3. The molecule has 0 aliphatic carbocycles. The van der Waals surface area contributed by atoms with Crippen LogP contribution in [-0.2, 0) is 6.54 Å². The highest BCUT2D eigenvalue weighted by Crippen LogP contribution is 2.26. The predicted octanol–water partition coefficient (Wildman–Crippen LogP) is 3.59. The highest BCUT2D eigenvalue weighted by atomic mass is 15.3. The van der Waals surface area contributed by atoms with Gasteiger partial charge in [0.25, 0.3) is 0 Å². The molecule has 4 rings (SSSR count). The van der Waals surface area contributed by atoms with Crippen molar-refractivity contribution in [1.29, 1.82) is 5.26 Å². The number of benzene rings is 2. The molecule has 4 nitrogen and oxygen atoms in total. The third-order valence-corrected chi connectivity index (χ3v) is 6.34. The molecule has 146 valence electrons. The summed E-state index contributed by atoms with van der Waals surface area (Å²) in [4.78, 5) is 7.78. The summed E-state index contributed by atoms with van der Waals surface area (Å²) in [5, 5.41) is 8.97. The predicted molar refractivity (Wildman–Crippen MR) is 114 cm³/mol. The Morgan fingerprint density at radius 2 is 1.64 bits per heavy atom. The average molecular weight is 375 g/mol. The van der Waals surface area contributed by atoms with Gasteiger partial charge in [-0.2, -0.15) is 5.26 Å². The quantitative estimate of drug-likeness (QED) is 0.819. The maximum atomic E-state index is 8.97. The molecule has 0 unspecified atom stereocenters. The van der Waals surface area contributed by atoms with Crippen molar-refractivity contribution in [1.82, 2.24) is 9.80 Å². The highest BCUT2D eigenvalue weighted by Gasteiger charge is 2.32. The number of nitrogens with zero attached hydrogens (tertiary/aromatic N) is 4. The number of rotatable bonds is 4. The number of piperidine rings is 1. The third kappa shape index (κ3) is 4.38. The molecule has 0 spiro atoms. The second kappa shape index (κ2) is 8.77. The van der Waals surface area contributed by atoms with Crippen LogP contribution >= 0.6 is 0 Å². The highest BCUT2D eigenvalue weighted by molar-refractivity contribution is 5.50. The lowest BCUT2D eigenvalue weighted by molar-refractivity contribution is 0.0569. The molecule has 0 N–H and O–H groups in total. The summed E-state index contributed by atoms with van der Waals surface area (Å²) in [6, 6.07) is 21.8. The Bertz CT molecular complexity index is 788. The summed E-state index contributed by atoms with van der Waals surface area (Å²) in [6.45, 7) is 10.3. The zero-order valence-corrected chi connectivity index (χ0v) is 16.8. The van der Waals surface area contributed by atoms with Gasteiger partial charge in [-0.25, -0.2) is 0 Å². The fourth-order valence-corrected chi connectivity index (χ4v) is 4.81. The van der Waals surface area contributed by atoms with Crippen LogP contribution in [0.3, 0.4) is 0 Å². The van der Waals surface area contributed by atoms with Crippen LogP contribution in [0.25, 0.3) is 0 Å². The average Bonchev–Trinajstić information content (AvgIpc) is 2.75. The van der Waals surface area contributed by atoms with Crippen molar-refractivity contribution in [2.24, 2.45) is 5.92 Å². The molecule has 2 heterocycles. The van der Waals surface area contributed by atoms with Gasteiger partial charge < -0.3 is 4.90 Å². The molecule has 2 saturated heterocycles. The first-order valence-electron chi connectivity index (χ1n) is 10.5. The SMILES string of the molecule is C[C@H]1CN(Cc2ccccc2)CC[C@H]1N1CCN(c2ccc(C#N)cc2)CC1. The van der Waals surface area contributed by atoms with E-state index in [0.29, 0.717) is 12.0 Å². The Morgan fingerprint density at radius 3 is 2.29 bits per heavy atom. The lowest BCUT2D eigenvalue weighted by Gasteiger charge is -2.46. The van der Waals surface area contributed by atoms with E-state index in [0.717, 1.165) is 38.3 Å². The van der Waals surface area contributed by atoms with Crippen molar-refractivity contribution < 1.29 is 0 Å². The number of hydrogen-bond donors (Lipinski definition) is 0. The van der Waals surface area contributed by atoms with Crippen LogP contribution in [0.1, 0.15) is 24.5 Å². The molecular formula is C24H30N4. The van der Waals surface area contributed by atoms with E-state index in [2.05, 4.69) is 70.2 Å². The molecular weight excluding hydrogens is 344 g/mol. The minimum Gasteiger partial charge on any atom is -0.369 e. The van der Waals surface area contributed by atoms with E-state index in [-0.39, 0.29) is 0 Å². The molecule has 0 bridgehead atoms. The summed E-state index contributed by atoms with van der Waals surface area (Å²) in [7, 11) is 0. The number of hydrogen-bond acceptors (Lipinski definition) is 4. The van der Waals surface area contributed by atoms with Gasteiger partial charge in [0.1, 0.15) is 0 Å². The van der Waals surface area contributed by atoms with E-state index in [1.807, 2.05) is 12.1 Å². The molecule has 4 heteroatoms. The van der Waals surface area contributed by atoms with Crippen LogP contribution in [0.15, 0.2) is 54.6 Å². The summed E-state index contributed by atoms with van der Waals surface area (Å²) in [6.07, 6.45) is 1.27. The molecule has 2 aliphatic rings. The Hall–Kier alpha value is -2.35. The molecule has 28 heavy (non-hydrogen) atoms. The van der Waals surface area contributed by atoms with Crippen molar-refractivity contribution in [2.75, 3.05) is 44.2 Å². The molecule has 2 fully saturated rings. The Morgan fingerprint density at radius 1 is 0.929 bits per heavy atom. The number of anilines is 1. The fraction of sp³-hybridized carbons (Fsp3) is 0.458. The zero-order valence-electron chi connectivity index (χ0n) is 16.8. The summed E-state index contributed by atoms with van der Waals surface area (Å²) < 4.78 is 0. The maximum absolute atomic E-state index is 8.97. The van der Waals surface area contributed by atoms with Crippen LogP contribution in [0.4, 0.5) is 5.69 Å². The normalized spacial score (nSPS) is 24.1. The van der Waals surface area contributed by atoms with Crippen LogP contribution in [0.2, 0.25) is 0 Å². The van der Waals surface area contributed by atoms with Crippen molar-refractivity contribution in [3.8, 4) is 6.07 Å². The number of nitriles is 1. The largest absolute Gasteiger partial charge is 0.369 e. The lowest BCUT2D eigenvalue weighted by atomic mass is 9.91. The molecule has 0 aromatic heterocycles. The van der Waals surface area contributed by atoms with Crippen molar-refractivity contribution >= 4 is 5.69 Å². The van der Waals surface area contributed by atoms with Gasteiger partial charge in [-0.3, -0.25) is 9.80 Å². The van der Waals surface area contributed by atoms with E-state index in [1.54, 1.807) is 0 Å². The summed E-state index contributed by atoms with van der Waals surface area (Å²) in [5.74, 6) is 0.707. The Balaban J connectivity index is 1.28. The minimum atomic E-state index is 0.704. The standard InChI is InChI=1S/C24H30N4/c1-20-18-26(19-22-5-3-2-4-6-22)12-11-24(20)28-15-13-27(14-16-28)23-9-7-21(17-25)8-10-23/h2-10,20,24H,11-16,18-19H2,1H3/t20-,24+/m0/s1. The molecule has 2 atom stereocenters. The van der Waals surface area contributed by atoms with Crippen LogP contribution in [-0.4, -0.2) is 55.1 Å². The second-order valence-electron chi connectivity index (χ2n) is 8.24. The topological polar surface area (TPSA) is 33.5 Å². The monoisotopic (exact) mass is 374 g/mol. The van der Waals surface area contributed by atoms with E-state index in [9.17, 15) is 0 Å². The third-order valence-electron chi connectivity index (χ3n) is 6.34. The van der Waals surface area contributed by atoms with E-state index < -0.39 is 0 Å². The lowest BCUT2D eigenvalue weighted by Crippen LogP contribution is -2.56. The van der Waals surface area contributed by atoms with Crippen molar-refractivity contribution in [3.05, 3.63) is 65.7 Å². The smallest absolute Gasteiger partial charge is 0.0991 e. The fourth-order valence-electron chi connectivity index (χ4n) is 4.81. The minimum absolute atomic E-state index is 0.704. The molecule has 2 aromatic rings. The van der Waals surface area contributed by atoms with Gasteiger partial charge in [-0.15, -0.1) is 0 Å². The van der Waals surface area contributed by atoms with Crippen LogP contribution < -0.4 is 4.90 Å². The Labute approximate surface area is 169 Å². The van der Waals surface area contributed by atoms with E-state index in [4.69, 9.17) is 5.26 Å². The van der Waals surface area contributed by atoms with E-state index >= 15 is 0 Å². The molecule has 2 aromatic carbocycles. The first-order chi connectivity index (χ1) is 13.7. The van der Waals surface area contributed by atoms with Crippen LogP contribution in [0.5, 0.6) is 0 Å². The second-order valence-corrected chi connectivity index (χ2v) is 8.24. The van der Waals surface area contributed by atoms with Crippen molar-refractivity contribution in [3.63, 3.8) is 0 Å². The molecule has 0 saturated carbocycles. The van der Waals surface area contributed by atoms with Gasteiger partial charge in [0.05, 0.1) is 11.6 Å². The summed E-state index contributed by atoms with van der Waals surface area (Å²) >= 11 is 0. The van der Waals surface area contributed by atoms with Crippen LogP contribution in [0, 0.1) is 17.2 Å². The number of piperazine rings is 1. The van der Waals surface area contributed by atoms with Gasteiger partial charge in [0.2, 0.25) is 0 Å². The molecule has 0 amide bonds. The van der Waals surface area contributed by atoms with Gasteiger partial charge in [0.15, 0.2) is 0 Å². The van der Waals surface area contributed by atoms with Gasteiger partial charge >= 0.3 is 0 Å². The first-order valence-corrected chi connectivity index (χ1v) is 10.5. The maximum Gasteiger partial charge on any atom is 0.0991 e. The van der Waals surface area contributed by atoms with Gasteiger partial charge in [-0.1, -0.05) is 37.3 Å². The van der Waals surface area contributed by atoms with E-state index in [1.165, 1.54) is 30.8 Å². The first kappa shape index (κ1) is 19.0. The number of likely N-dealkylation sites (tertiary alicyclic amines) is 1. The molecule has 0 radical (unpaired) electrons. The Kier molecular flexibility index (Phi) is 5.95. The van der Waals surface area contributed by atoms with Crippen molar-refractivity contribution in [2.45, 2.75) is 25.9 Å². The van der Waals surface area contributed by atoms with Gasteiger partial charge in [-0.05, 0) is 48.7 Å². The summed E-state index contributed by atoms with van der Waals surface area (Å²) in [5.41, 5.74) is 3.40. The van der Waals surface area contributed by atoms with Gasteiger partial charge in [0, 0.05) is 51.0 Å². The molecule has 2 aliphatic heterocycles.